The Labute approximate surface area is 105 Å². The van der Waals surface area contributed by atoms with E-state index in [1.165, 1.54) is 12.4 Å². The van der Waals surface area contributed by atoms with E-state index >= 15 is 0 Å². The van der Waals surface area contributed by atoms with Gasteiger partial charge in [0, 0.05) is 12.7 Å². The van der Waals surface area contributed by atoms with Gasteiger partial charge in [0.1, 0.15) is 0 Å². The molecule has 0 aromatic carbocycles. The van der Waals surface area contributed by atoms with Crippen LogP contribution in [-0.4, -0.2) is 25.9 Å². The fourth-order valence-corrected chi connectivity index (χ4v) is 1.52. The summed E-state index contributed by atoms with van der Waals surface area (Å²) < 4.78 is 1.77. The highest BCUT2D eigenvalue weighted by molar-refractivity contribution is 6.03. The number of aromatic nitrogens is 4. The summed E-state index contributed by atoms with van der Waals surface area (Å²) in [6.07, 6.45) is 6.32. The van der Waals surface area contributed by atoms with Crippen LogP contribution in [-0.2, 0) is 6.54 Å². The van der Waals surface area contributed by atoms with Crippen molar-refractivity contribution in [2.45, 2.75) is 20.4 Å². The van der Waals surface area contributed by atoms with Gasteiger partial charge in [-0.25, -0.2) is 0 Å². The van der Waals surface area contributed by atoms with Crippen LogP contribution in [0.5, 0.6) is 0 Å². The summed E-state index contributed by atoms with van der Waals surface area (Å²) in [4.78, 5) is 11.9. The second-order valence-corrected chi connectivity index (χ2v) is 4.43. The number of amides is 1. The van der Waals surface area contributed by atoms with Gasteiger partial charge in [0.2, 0.25) is 0 Å². The first-order chi connectivity index (χ1) is 8.65. The molecule has 2 aromatic rings. The van der Waals surface area contributed by atoms with E-state index in [9.17, 15) is 4.79 Å². The van der Waals surface area contributed by atoms with Crippen molar-refractivity contribution in [3.63, 3.8) is 0 Å². The van der Waals surface area contributed by atoms with Gasteiger partial charge in [-0.3, -0.25) is 9.48 Å². The maximum atomic E-state index is 11.9. The summed E-state index contributed by atoms with van der Waals surface area (Å²) in [6.45, 7) is 5.00. The smallest absolute Gasteiger partial charge is 0.258 e. The number of hydrogen-bond acceptors (Lipinski definition) is 4. The van der Waals surface area contributed by atoms with Crippen LogP contribution in [0.25, 0.3) is 0 Å². The molecule has 0 aliphatic rings. The minimum atomic E-state index is -0.196. The largest absolute Gasteiger partial charge is 0.320 e. The Kier molecular flexibility index (Phi) is 3.66. The standard InChI is InChI=1S/C12H15N5O/c1-9(2)7-17-8-10(5-15-17)12(18)16-11-3-4-13-14-6-11/h3-6,8-9H,7H2,1-2H3,(H,13,16,18). The maximum absolute atomic E-state index is 11.9. The van der Waals surface area contributed by atoms with Crippen LogP contribution in [0.1, 0.15) is 24.2 Å². The lowest BCUT2D eigenvalue weighted by Gasteiger charge is -2.03. The number of anilines is 1. The first kappa shape index (κ1) is 12.2. The number of carbonyl (C=O) groups excluding carboxylic acids is 1. The van der Waals surface area contributed by atoms with Crippen LogP contribution in [0.3, 0.4) is 0 Å². The molecular formula is C12H15N5O. The summed E-state index contributed by atoms with van der Waals surface area (Å²) >= 11 is 0. The van der Waals surface area contributed by atoms with E-state index in [0.29, 0.717) is 17.2 Å². The van der Waals surface area contributed by atoms with Gasteiger partial charge in [0.15, 0.2) is 0 Å². The molecule has 0 radical (unpaired) electrons. The number of nitrogens with zero attached hydrogens (tertiary/aromatic N) is 4. The predicted molar refractivity (Wildman–Crippen MR) is 67.1 cm³/mol. The van der Waals surface area contributed by atoms with Gasteiger partial charge >= 0.3 is 0 Å². The fourth-order valence-electron chi connectivity index (χ4n) is 1.52. The molecule has 6 heteroatoms. The molecule has 2 rings (SSSR count). The molecule has 6 nitrogen and oxygen atoms in total. The SMILES string of the molecule is CC(C)Cn1cc(C(=O)Nc2ccnnc2)cn1. The average Bonchev–Trinajstić information content (AvgIpc) is 2.78. The Hall–Kier alpha value is -2.24. The number of carbonyl (C=O) groups is 1. The summed E-state index contributed by atoms with van der Waals surface area (Å²) in [5.41, 5.74) is 1.15. The molecule has 1 N–H and O–H groups in total. The Morgan fingerprint density at radius 2 is 2.22 bits per heavy atom. The highest BCUT2D eigenvalue weighted by Gasteiger charge is 2.09. The van der Waals surface area contributed by atoms with Crippen LogP contribution in [0, 0.1) is 5.92 Å². The van der Waals surface area contributed by atoms with E-state index in [0.717, 1.165) is 6.54 Å². The van der Waals surface area contributed by atoms with Gasteiger partial charge in [-0.1, -0.05) is 13.8 Å². The monoisotopic (exact) mass is 245 g/mol. The van der Waals surface area contributed by atoms with E-state index in [-0.39, 0.29) is 5.91 Å². The molecule has 18 heavy (non-hydrogen) atoms. The zero-order valence-electron chi connectivity index (χ0n) is 10.4. The van der Waals surface area contributed by atoms with Crippen LogP contribution in [0.2, 0.25) is 0 Å². The van der Waals surface area contributed by atoms with Gasteiger partial charge in [-0.15, -0.1) is 0 Å². The van der Waals surface area contributed by atoms with Crippen LogP contribution in [0.4, 0.5) is 5.69 Å². The predicted octanol–water partition coefficient (Wildman–Crippen LogP) is 1.58. The molecule has 0 aliphatic heterocycles. The normalized spacial score (nSPS) is 10.6. The number of nitrogens with one attached hydrogen (secondary N) is 1. The highest BCUT2D eigenvalue weighted by atomic mass is 16.1. The quantitative estimate of drug-likeness (QED) is 0.887. The molecule has 2 aromatic heterocycles. The third-order valence-corrected chi connectivity index (χ3v) is 2.29. The van der Waals surface area contributed by atoms with E-state index in [1.807, 2.05) is 0 Å². The minimum Gasteiger partial charge on any atom is -0.320 e. The van der Waals surface area contributed by atoms with E-state index < -0.39 is 0 Å². The zero-order chi connectivity index (χ0) is 13.0. The van der Waals surface area contributed by atoms with Crippen molar-refractivity contribution in [2.24, 2.45) is 5.92 Å². The third kappa shape index (κ3) is 3.13. The van der Waals surface area contributed by atoms with Crippen LogP contribution >= 0.6 is 0 Å². The van der Waals surface area contributed by atoms with Crippen molar-refractivity contribution < 1.29 is 4.79 Å². The lowest BCUT2D eigenvalue weighted by molar-refractivity contribution is 0.102. The van der Waals surface area contributed by atoms with Crippen molar-refractivity contribution in [2.75, 3.05) is 5.32 Å². The van der Waals surface area contributed by atoms with Gasteiger partial charge in [0.25, 0.3) is 5.91 Å². The molecule has 0 saturated carbocycles. The Bertz CT molecular complexity index is 520. The van der Waals surface area contributed by atoms with Gasteiger partial charge in [0.05, 0.1) is 29.8 Å². The molecule has 0 atom stereocenters. The van der Waals surface area contributed by atoms with Gasteiger partial charge in [-0.2, -0.15) is 15.3 Å². The summed E-state index contributed by atoms with van der Waals surface area (Å²) in [5.74, 6) is 0.295. The second-order valence-electron chi connectivity index (χ2n) is 4.43. The summed E-state index contributed by atoms with van der Waals surface area (Å²) in [6, 6.07) is 1.68. The first-order valence-corrected chi connectivity index (χ1v) is 5.75. The molecule has 0 spiro atoms. The number of hydrogen-bond donors (Lipinski definition) is 1. The molecular weight excluding hydrogens is 230 g/mol. The van der Waals surface area contributed by atoms with Gasteiger partial charge in [-0.05, 0) is 12.0 Å². The molecule has 2 heterocycles. The summed E-state index contributed by atoms with van der Waals surface area (Å²) in [5, 5.41) is 14.2. The molecule has 0 bridgehead atoms. The molecule has 0 unspecified atom stereocenters. The average molecular weight is 245 g/mol. The van der Waals surface area contributed by atoms with Crippen molar-refractivity contribution >= 4 is 11.6 Å². The summed E-state index contributed by atoms with van der Waals surface area (Å²) in [7, 11) is 0. The Morgan fingerprint density at radius 1 is 1.39 bits per heavy atom. The second kappa shape index (κ2) is 5.39. The first-order valence-electron chi connectivity index (χ1n) is 5.75. The molecule has 0 aliphatic carbocycles. The topological polar surface area (TPSA) is 72.7 Å². The van der Waals surface area contributed by atoms with Crippen LogP contribution < -0.4 is 5.32 Å². The lowest BCUT2D eigenvalue weighted by Crippen LogP contribution is -2.11. The lowest BCUT2D eigenvalue weighted by atomic mass is 10.2. The molecule has 0 fully saturated rings. The zero-order valence-corrected chi connectivity index (χ0v) is 10.4. The fraction of sp³-hybridized carbons (Fsp3) is 0.333. The molecule has 94 valence electrons. The number of rotatable bonds is 4. The minimum absolute atomic E-state index is 0.196. The maximum Gasteiger partial charge on any atom is 0.258 e. The van der Waals surface area contributed by atoms with Crippen molar-refractivity contribution in [1.29, 1.82) is 0 Å². The molecule has 0 saturated heterocycles. The van der Waals surface area contributed by atoms with Gasteiger partial charge < -0.3 is 5.32 Å². The van der Waals surface area contributed by atoms with E-state index in [2.05, 4.69) is 34.5 Å². The van der Waals surface area contributed by atoms with Crippen molar-refractivity contribution in [3.05, 3.63) is 36.4 Å². The van der Waals surface area contributed by atoms with E-state index in [1.54, 1.807) is 23.1 Å². The van der Waals surface area contributed by atoms with Crippen molar-refractivity contribution in [1.82, 2.24) is 20.0 Å². The molecule has 1 amide bonds. The van der Waals surface area contributed by atoms with Crippen molar-refractivity contribution in [3.8, 4) is 0 Å². The Morgan fingerprint density at radius 3 is 2.89 bits per heavy atom. The van der Waals surface area contributed by atoms with E-state index in [4.69, 9.17) is 0 Å². The van der Waals surface area contributed by atoms with Crippen LogP contribution in [0.15, 0.2) is 30.9 Å². The Balaban J connectivity index is 2.03. The highest BCUT2D eigenvalue weighted by Crippen LogP contribution is 2.07. The third-order valence-electron chi connectivity index (χ3n) is 2.29.